The monoisotopic (exact) mass is 457 g/mol. The average molecular weight is 459 g/mol. The van der Waals surface area contributed by atoms with Crippen molar-refractivity contribution in [2.45, 2.75) is 38.0 Å². The first-order valence-electron chi connectivity index (χ1n) is 8.34. The molecule has 1 saturated heterocycles. The summed E-state index contributed by atoms with van der Waals surface area (Å²) in [5, 5.41) is 12.6. The Bertz CT molecular complexity index is 948. The van der Waals surface area contributed by atoms with Crippen LogP contribution in [0.4, 0.5) is 4.79 Å². The highest BCUT2D eigenvalue weighted by atomic mass is 79.9. The summed E-state index contributed by atoms with van der Waals surface area (Å²) in [6, 6.07) is 2.75. The van der Waals surface area contributed by atoms with Gasteiger partial charge in [0, 0.05) is 10.9 Å². The number of aromatic nitrogens is 2. The summed E-state index contributed by atoms with van der Waals surface area (Å²) in [6.45, 7) is 0.524. The number of Topliss-reactive ketones (excluding diaryl/α,β-unsaturated/α-hetero) is 1. The summed E-state index contributed by atoms with van der Waals surface area (Å²) in [5.41, 5.74) is 0.113. The van der Waals surface area contributed by atoms with Crippen LogP contribution < -0.4 is 10.9 Å². The third-order valence-corrected chi connectivity index (χ3v) is 5.63. The molecule has 2 aromatic rings. The van der Waals surface area contributed by atoms with Gasteiger partial charge in [-0.15, -0.1) is 0 Å². The highest BCUT2D eigenvalue weighted by molar-refractivity contribution is 9.10. The minimum absolute atomic E-state index is 0.0590. The van der Waals surface area contributed by atoms with Crippen molar-refractivity contribution < 1.29 is 19.4 Å². The molecule has 1 aliphatic heterocycles. The average Bonchev–Trinajstić information content (AvgIpc) is 2.61. The number of piperidine rings is 1. The van der Waals surface area contributed by atoms with Crippen molar-refractivity contribution in [2.75, 3.05) is 6.54 Å². The molecular formula is C17H17BrClN3O5. The Kier molecular flexibility index (Phi) is 6.13. The number of carbonyl (C=O) groups excluding carboxylic acids is 1. The number of fused-ring (bicyclic) bond motifs is 1. The normalized spacial score (nSPS) is 19.8. The lowest BCUT2D eigenvalue weighted by Crippen LogP contribution is -2.48. The van der Waals surface area contributed by atoms with Gasteiger partial charge in [0.05, 0.1) is 34.8 Å². The lowest BCUT2D eigenvalue weighted by atomic mass is 9.96. The number of benzene rings is 1. The molecule has 0 bridgehead atoms. The number of nitrogens with zero attached hydrogens (tertiary/aromatic N) is 2. The van der Waals surface area contributed by atoms with E-state index in [1.54, 1.807) is 6.07 Å². The zero-order chi connectivity index (χ0) is 19.6. The van der Waals surface area contributed by atoms with Gasteiger partial charge in [0.25, 0.3) is 5.56 Å². The van der Waals surface area contributed by atoms with Crippen LogP contribution in [0.15, 0.2) is 27.7 Å². The molecular weight excluding hydrogens is 442 g/mol. The second-order valence-electron chi connectivity index (χ2n) is 6.33. The maximum absolute atomic E-state index is 12.6. The van der Waals surface area contributed by atoms with Crippen molar-refractivity contribution in [3.63, 3.8) is 0 Å². The third-order valence-electron chi connectivity index (χ3n) is 4.43. The topological polar surface area (TPSA) is 111 Å². The third kappa shape index (κ3) is 4.66. The SMILES string of the molecule is O=C(CC1NCCCC1OC(=O)O)Cn1cnc2cc(Br)c(Cl)cc2c1=O. The lowest BCUT2D eigenvalue weighted by molar-refractivity contribution is -0.121. The van der Waals surface area contributed by atoms with Gasteiger partial charge < -0.3 is 15.2 Å². The van der Waals surface area contributed by atoms with Gasteiger partial charge in [-0.3, -0.25) is 14.2 Å². The molecule has 2 heterocycles. The number of hydrogen-bond donors (Lipinski definition) is 2. The van der Waals surface area contributed by atoms with Crippen LogP contribution in [0, 0.1) is 0 Å². The predicted molar refractivity (Wildman–Crippen MR) is 102 cm³/mol. The van der Waals surface area contributed by atoms with Gasteiger partial charge in [0.15, 0.2) is 5.78 Å². The van der Waals surface area contributed by atoms with E-state index in [9.17, 15) is 14.4 Å². The number of carbonyl (C=O) groups is 2. The molecule has 144 valence electrons. The molecule has 10 heteroatoms. The fourth-order valence-electron chi connectivity index (χ4n) is 3.16. The molecule has 1 aromatic carbocycles. The van der Waals surface area contributed by atoms with Gasteiger partial charge >= 0.3 is 6.16 Å². The van der Waals surface area contributed by atoms with Gasteiger partial charge in [0.1, 0.15) is 6.10 Å². The first kappa shape index (κ1) is 19.8. The fraction of sp³-hybridized carbons (Fsp3) is 0.412. The van der Waals surface area contributed by atoms with Crippen molar-refractivity contribution in [1.82, 2.24) is 14.9 Å². The largest absolute Gasteiger partial charge is 0.506 e. The number of halogens is 2. The van der Waals surface area contributed by atoms with Crippen LogP contribution in [0.5, 0.6) is 0 Å². The molecule has 0 saturated carbocycles. The second kappa shape index (κ2) is 8.37. The zero-order valence-electron chi connectivity index (χ0n) is 14.2. The van der Waals surface area contributed by atoms with E-state index < -0.39 is 18.3 Å². The van der Waals surface area contributed by atoms with E-state index in [1.165, 1.54) is 17.0 Å². The van der Waals surface area contributed by atoms with E-state index in [2.05, 4.69) is 26.2 Å². The van der Waals surface area contributed by atoms with Crippen LogP contribution in [-0.2, 0) is 16.1 Å². The van der Waals surface area contributed by atoms with Gasteiger partial charge in [-0.05, 0) is 47.4 Å². The minimum Gasteiger partial charge on any atom is -0.450 e. The fourth-order valence-corrected chi connectivity index (χ4v) is 3.66. The highest BCUT2D eigenvalue weighted by Crippen LogP contribution is 2.25. The molecule has 0 aliphatic carbocycles. The molecule has 1 aromatic heterocycles. The van der Waals surface area contributed by atoms with E-state index in [0.29, 0.717) is 33.4 Å². The maximum Gasteiger partial charge on any atom is 0.506 e. The number of hydrogen-bond acceptors (Lipinski definition) is 6. The summed E-state index contributed by atoms with van der Waals surface area (Å²) in [7, 11) is 0. The second-order valence-corrected chi connectivity index (χ2v) is 7.59. The van der Waals surface area contributed by atoms with Crippen molar-refractivity contribution in [3.05, 3.63) is 38.3 Å². The van der Waals surface area contributed by atoms with E-state index >= 15 is 0 Å². The summed E-state index contributed by atoms with van der Waals surface area (Å²) >= 11 is 9.33. The first-order valence-corrected chi connectivity index (χ1v) is 9.51. The van der Waals surface area contributed by atoms with E-state index in [0.717, 1.165) is 6.42 Å². The number of carboxylic acid groups (broad SMARTS) is 1. The lowest BCUT2D eigenvalue weighted by Gasteiger charge is -2.30. The number of ether oxygens (including phenoxy) is 1. The Balaban J connectivity index is 1.75. The smallest absolute Gasteiger partial charge is 0.450 e. The van der Waals surface area contributed by atoms with Crippen molar-refractivity contribution in [3.8, 4) is 0 Å². The zero-order valence-corrected chi connectivity index (χ0v) is 16.5. The Morgan fingerprint density at radius 1 is 1.44 bits per heavy atom. The van der Waals surface area contributed by atoms with E-state index in [4.69, 9.17) is 21.4 Å². The molecule has 8 nitrogen and oxygen atoms in total. The minimum atomic E-state index is -1.36. The van der Waals surface area contributed by atoms with Crippen LogP contribution in [0.1, 0.15) is 19.3 Å². The molecule has 0 amide bonds. The standard InChI is InChI=1S/C17H17BrClN3O5/c18-11-6-13-10(5-12(11)19)16(24)22(8-21-13)7-9(23)4-14-15(27-17(25)26)2-1-3-20-14/h5-6,8,14-15,20H,1-4,7H2,(H,25,26). The van der Waals surface area contributed by atoms with Gasteiger partial charge in [0.2, 0.25) is 0 Å². The van der Waals surface area contributed by atoms with Gasteiger partial charge in [-0.25, -0.2) is 9.78 Å². The molecule has 2 N–H and O–H groups in total. The van der Waals surface area contributed by atoms with Crippen LogP contribution in [-0.4, -0.2) is 45.3 Å². The van der Waals surface area contributed by atoms with E-state index in [1.807, 2.05) is 0 Å². The first-order chi connectivity index (χ1) is 12.8. The number of rotatable bonds is 5. The van der Waals surface area contributed by atoms with Crippen molar-refractivity contribution >= 4 is 50.4 Å². The number of nitrogens with one attached hydrogen (secondary N) is 1. The van der Waals surface area contributed by atoms with Crippen molar-refractivity contribution in [1.29, 1.82) is 0 Å². The van der Waals surface area contributed by atoms with E-state index in [-0.39, 0.29) is 24.3 Å². The predicted octanol–water partition coefficient (Wildman–Crippen LogP) is 2.59. The maximum atomic E-state index is 12.6. The Hall–Kier alpha value is -1.97. The highest BCUT2D eigenvalue weighted by Gasteiger charge is 2.29. The molecule has 1 fully saturated rings. The quantitative estimate of drug-likeness (QED) is 0.663. The van der Waals surface area contributed by atoms with Crippen molar-refractivity contribution in [2.24, 2.45) is 0 Å². The Morgan fingerprint density at radius 3 is 2.96 bits per heavy atom. The molecule has 2 unspecified atom stereocenters. The van der Waals surface area contributed by atoms with Crippen LogP contribution in [0.3, 0.4) is 0 Å². The molecule has 0 spiro atoms. The van der Waals surface area contributed by atoms with Gasteiger partial charge in [-0.2, -0.15) is 0 Å². The molecule has 0 radical (unpaired) electrons. The summed E-state index contributed by atoms with van der Waals surface area (Å²) < 4.78 is 6.72. The molecule has 27 heavy (non-hydrogen) atoms. The summed E-state index contributed by atoms with van der Waals surface area (Å²) in [4.78, 5) is 40.1. The number of ketones is 1. The van der Waals surface area contributed by atoms with Crippen LogP contribution in [0.25, 0.3) is 10.9 Å². The van der Waals surface area contributed by atoms with Crippen LogP contribution in [0.2, 0.25) is 5.02 Å². The Labute approximate surface area is 167 Å². The van der Waals surface area contributed by atoms with Crippen LogP contribution >= 0.6 is 27.5 Å². The molecule has 2 atom stereocenters. The Morgan fingerprint density at radius 2 is 2.22 bits per heavy atom. The van der Waals surface area contributed by atoms with Gasteiger partial charge in [-0.1, -0.05) is 11.6 Å². The summed E-state index contributed by atoms with van der Waals surface area (Å²) in [6.07, 6.45) is 0.767. The summed E-state index contributed by atoms with van der Waals surface area (Å²) in [5.74, 6) is -0.222. The molecule has 3 rings (SSSR count). The molecule has 1 aliphatic rings.